The topological polar surface area (TPSA) is 76.2 Å². The molecule has 6 nitrogen and oxygen atoms in total. The standard InChI is InChI=1S/C19H18ClN3O3/c1-25-16-8-7-12(9-17(16)26-2)18-14(11-22-23-18)19(24)21-10-13-5-3-4-6-15(13)20/h3-9,11H,10H2,1-2H3,(H,21,24)(H,22,23). The van der Waals surface area contributed by atoms with Gasteiger partial charge in [-0.15, -0.1) is 0 Å². The molecule has 3 aromatic rings. The third-order valence-corrected chi connectivity index (χ3v) is 4.32. The molecule has 0 unspecified atom stereocenters. The number of methoxy groups -OCH3 is 2. The molecule has 0 aliphatic rings. The molecule has 1 heterocycles. The van der Waals surface area contributed by atoms with Crippen LogP contribution in [0.25, 0.3) is 11.3 Å². The molecule has 0 bridgehead atoms. The van der Waals surface area contributed by atoms with E-state index < -0.39 is 0 Å². The molecule has 0 aliphatic carbocycles. The molecule has 1 aromatic heterocycles. The van der Waals surface area contributed by atoms with Gasteiger partial charge >= 0.3 is 0 Å². The molecule has 0 saturated carbocycles. The zero-order chi connectivity index (χ0) is 18.5. The fourth-order valence-electron chi connectivity index (χ4n) is 2.58. The van der Waals surface area contributed by atoms with Crippen molar-refractivity contribution < 1.29 is 14.3 Å². The number of hydrogen-bond acceptors (Lipinski definition) is 4. The van der Waals surface area contributed by atoms with E-state index in [1.165, 1.54) is 6.20 Å². The summed E-state index contributed by atoms with van der Waals surface area (Å²) in [5.74, 6) is 0.936. The van der Waals surface area contributed by atoms with Crippen molar-refractivity contribution in [3.8, 4) is 22.8 Å². The molecule has 2 N–H and O–H groups in total. The Morgan fingerprint density at radius 2 is 1.92 bits per heavy atom. The van der Waals surface area contributed by atoms with Gasteiger partial charge < -0.3 is 14.8 Å². The average Bonchev–Trinajstić information content (AvgIpc) is 3.16. The van der Waals surface area contributed by atoms with Crippen molar-refractivity contribution in [3.05, 3.63) is 64.8 Å². The summed E-state index contributed by atoms with van der Waals surface area (Å²) in [7, 11) is 3.13. The molecule has 7 heteroatoms. The van der Waals surface area contributed by atoms with Crippen LogP contribution in [0.15, 0.2) is 48.7 Å². The van der Waals surface area contributed by atoms with Gasteiger partial charge in [0.15, 0.2) is 11.5 Å². The van der Waals surface area contributed by atoms with Crippen molar-refractivity contribution in [2.24, 2.45) is 0 Å². The minimum atomic E-state index is -0.247. The summed E-state index contributed by atoms with van der Waals surface area (Å²) in [5.41, 5.74) is 2.65. The number of hydrogen-bond donors (Lipinski definition) is 2. The molecule has 2 aromatic carbocycles. The van der Waals surface area contributed by atoms with E-state index in [2.05, 4.69) is 15.5 Å². The van der Waals surface area contributed by atoms with Gasteiger partial charge in [0.25, 0.3) is 5.91 Å². The number of benzene rings is 2. The number of carbonyl (C=O) groups excluding carboxylic acids is 1. The van der Waals surface area contributed by atoms with Gasteiger partial charge in [0.1, 0.15) is 0 Å². The Kier molecular flexibility index (Phi) is 5.43. The predicted molar refractivity (Wildman–Crippen MR) is 99.7 cm³/mol. The first-order valence-electron chi connectivity index (χ1n) is 7.91. The van der Waals surface area contributed by atoms with Crippen LogP contribution in [-0.2, 0) is 6.54 Å². The summed E-state index contributed by atoms with van der Waals surface area (Å²) in [4.78, 5) is 12.6. The van der Waals surface area contributed by atoms with Crippen LogP contribution in [0.2, 0.25) is 5.02 Å². The highest BCUT2D eigenvalue weighted by molar-refractivity contribution is 6.31. The first-order chi connectivity index (χ1) is 12.6. The van der Waals surface area contributed by atoms with E-state index in [4.69, 9.17) is 21.1 Å². The normalized spacial score (nSPS) is 10.4. The van der Waals surface area contributed by atoms with Crippen molar-refractivity contribution in [2.45, 2.75) is 6.54 Å². The fourth-order valence-corrected chi connectivity index (χ4v) is 2.79. The smallest absolute Gasteiger partial charge is 0.255 e. The summed E-state index contributed by atoms with van der Waals surface area (Å²) >= 11 is 6.13. The van der Waals surface area contributed by atoms with Gasteiger partial charge in [0, 0.05) is 17.1 Å². The maximum absolute atomic E-state index is 12.6. The Balaban J connectivity index is 1.82. The molecule has 0 aliphatic heterocycles. The molecule has 0 radical (unpaired) electrons. The van der Waals surface area contributed by atoms with Crippen LogP contribution in [0.5, 0.6) is 11.5 Å². The van der Waals surface area contributed by atoms with E-state index in [0.29, 0.717) is 34.3 Å². The maximum Gasteiger partial charge on any atom is 0.255 e. The molecule has 0 atom stereocenters. The van der Waals surface area contributed by atoms with Crippen molar-refractivity contribution in [2.75, 3.05) is 14.2 Å². The molecule has 0 saturated heterocycles. The Morgan fingerprint density at radius 3 is 2.65 bits per heavy atom. The molecular formula is C19H18ClN3O3. The number of H-pyrrole nitrogens is 1. The zero-order valence-corrected chi connectivity index (χ0v) is 15.1. The maximum atomic E-state index is 12.6. The molecule has 3 rings (SSSR count). The number of ether oxygens (including phenoxy) is 2. The Morgan fingerprint density at radius 1 is 1.15 bits per heavy atom. The summed E-state index contributed by atoms with van der Waals surface area (Å²) in [5, 5.41) is 10.3. The SMILES string of the molecule is COc1ccc(-c2[nH]ncc2C(=O)NCc2ccccc2Cl)cc1OC. The van der Waals surface area contributed by atoms with Gasteiger partial charge in [-0.05, 0) is 29.8 Å². The lowest BCUT2D eigenvalue weighted by molar-refractivity contribution is 0.0951. The third-order valence-electron chi connectivity index (χ3n) is 3.95. The van der Waals surface area contributed by atoms with Gasteiger partial charge in [-0.1, -0.05) is 29.8 Å². The molecule has 0 fully saturated rings. The number of nitrogens with zero attached hydrogens (tertiary/aromatic N) is 1. The number of aromatic nitrogens is 2. The number of halogens is 1. The van der Waals surface area contributed by atoms with Crippen LogP contribution in [0.4, 0.5) is 0 Å². The van der Waals surface area contributed by atoms with E-state index in [9.17, 15) is 4.79 Å². The number of amides is 1. The minimum absolute atomic E-state index is 0.247. The van der Waals surface area contributed by atoms with Gasteiger partial charge in [0.2, 0.25) is 0 Å². The van der Waals surface area contributed by atoms with Crippen molar-refractivity contribution in [1.29, 1.82) is 0 Å². The number of rotatable bonds is 6. The molecule has 26 heavy (non-hydrogen) atoms. The van der Waals surface area contributed by atoms with Gasteiger partial charge in [-0.2, -0.15) is 5.10 Å². The van der Waals surface area contributed by atoms with E-state index >= 15 is 0 Å². The predicted octanol–water partition coefficient (Wildman–Crippen LogP) is 3.68. The van der Waals surface area contributed by atoms with E-state index in [1.54, 1.807) is 32.4 Å². The van der Waals surface area contributed by atoms with Gasteiger partial charge in [-0.25, -0.2) is 0 Å². The summed E-state index contributed by atoms with van der Waals surface area (Å²) in [6, 6.07) is 12.8. The summed E-state index contributed by atoms with van der Waals surface area (Å²) in [6.45, 7) is 0.328. The van der Waals surface area contributed by atoms with Crippen LogP contribution in [0.3, 0.4) is 0 Å². The average molecular weight is 372 g/mol. The molecule has 134 valence electrons. The molecule has 0 spiro atoms. The van der Waals surface area contributed by atoms with Crippen LogP contribution in [-0.4, -0.2) is 30.3 Å². The monoisotopic (exact) mass is 371 g/mol. The van der Waals surface area contributed by atoms with Crippen LogP contribution < -0.4 is 14.8 Å². The first-order valence-corrected chi connectivity index (χ1v) is 8.29. The quantitative estimate of drug-likeness (QED) is 0.693. The second-order valence-electron chi connectivity index (χ2n) is 5.50. The Hall–Kier alpha value is -2.99. The van der Waals surface area contributed by atoms with E-state index in [1.807, 2.05) is 24.3 Å². The van der Waals surface area contributed by atoms with Crippen LogP contribution >= 0.6 is 11.6 Å². The summed E-state index contributed by atoms with van der Waals surface area (Å²) < 4.78 is 10.6. The Bertz CT molecular complexity index is 924. The van der Waals surface area contributed by atoms with Crippen molar-refractivity contribution in [1.82, 2.24) is 15.5 Å². The third kappa shape index (κ3) is 3.65. The van der Waals surface area contributed by atoms with E-state index in [-0.39, 0.29) is 5.91 Å². The van der Waals surface area contributed by atoms with Crippen LogP contribution in [0, 0.1) is 0 Å². The number of nitrogens with one attached hydrogen (secondary N) is 2. The summed E-state index contributed by atoms with van der Waals surface area (Å²) in [6.07, 6.45) is 1.49. The number of aromatic amines is 1. The van der Waals surface area contributed by atoms with Crippen molar-refractivity contribution in [3.63, 3.8) is 0 Å². The molecule has 1 amide bonds. The lowest BCUT2D eigenvalue weighted by Crippen LogP contribution is -2.23. The fraction of sp³-hybridized carbons (Fsp3) is 0.158. The highest BCUT2D eigenvalue weighted by Crippen LogP contribution is 2.32. The highest BCUT2D eigenvalue weighted by atomic mass is 35.5. The second kappa shape index (κ2) is 7.93. The van der Waals surface area contributed by atoms with Gasteiger partial charge in [-0.3, -0.25) is 9.89 Å². The Labute approximate surface area is 156 Å². The largest absolute Gasteiger partial charge is 0.493 e. The first kappa shape index (κ1) is 17.8. The second-order valence-corrected chi connectivity index (χ2v) is 5.91. The molecular weight excluding hydrogens is 354 g/mol. The zero-order valence-electron chi connectivity index (χ0n) is 14.4. The van der Waals surface area contributed by atoms with E-state index in [0.717, 1.165) is 11.1 Å². The highest BCUT2D eigenvalue weighted by Gasteiger charge is 2.17. The van der Waals surface area contributed by atoms with Crippen molar-refractivity contribution >= 4 is 17.5 Å². The number of carbonyl (C=O) groups is 1. The van der Waals surface area contributed by atoms with Crippen LogP contribution in [0.1, 0.15) is 15.9 Å². The van der Waals surface area contributed by atoms with Gasteiger partial charge in [0.05, 0.1) is 31.7 Å². The lowest BCUT2D eigenvalue weighted by atomic mass is 10.1. The lowest BCUT2D eigenvalue weighted by Gasteiger charge is -2.10. The minimum Gasteiger partial charge on any atom is -0.493 e.